The Hall–Kier alpha value is -2.72. The lowest BCUT2D eigenvalue weighted by atomic mass is 9.75. The van der Waals surface area contributed by atoms with Gasteiger partial charge in [-0.05, 0) is 58.1 Å². The van der Waals surface area contributed by atoms with Crippen molar-refractivity contribution in [3.05, 3.63) is 35.8 Å². The first kappa shape index (κ1) is 24.9. The molecule has 2 heterocycles. The number of ether oxygens (including phenoxy) is 1. The van der Waals surface area contributed by atoms with Crippen LogP contribution in [-0.4, -0.2) is 47.4 Å². The van der Waals surface area contributed by atoms with Crippen molar-refractivity contribution in [1.82, 2.24) is 9.97 Å². The molecule has 1 aromatic heterocycles. The molecule has 33 heavy (non-hydrogen) atoms. The van der Waals surface area contributed by atoms with Crippen LogP contribution in [0.1, 0.15) is 64.7 Å². The van der Waals surface area contributed by atoms with Gasteiger partial charge in [0, 0.05) is 11.7 Å². The van der Waals surface area contributed by atoms with Crippen molar-refractivity contribution in [2.75, 3.05) is 17.7 Å². The zero-order valence-corrected chi connectivity index (χ0v) is 20.3. The number of hydrogen-bond acceptors (Lipinski definition) is 8. The van der Waals surface area contributed by atoms with Crippen LogP contribution in [0.25, 0.3) is 0 Å². The van der Waals surface area contributed by atoms with Crippen LogP contribution in [0.15, 0.2) is 24.4 Å². The average molecular weight is 458 g/mol. The highest BCUT2D eigenvalue weighted by atomic mass is 19.1. The monoisotopic (exact) mass is 458 g/mol. The first-order chi connectivity index (χ1) is 15.5. The van der Waals surface area contributed by atoms with Gasteiger partial charge in [-0.25, -0.2) is 14.2 Å². The van der Waals surface area contributed by atoms with Crippen LogP contribution in [0.2, 0.25) is 0 Å². The SMILES string of the molecule is CCC(CC)Nc1nc(Nc2ccc(B3OC(C)(C)C(C)(C)O3)c(C(=O)OC)c2)ncc1F. The maximum atomic E-state index is 14.2. The summed E-state index contributed by atoms with van der Waals surface area (Å²) in [6.07, 6.45) is 2.79. The molecule has 0 unspecified atom stereocenters. The number of halogens is 1. The minimum atomic E-state index is -0.726. The molecular weight excluding hydrogens is 426 g/mol. The Morgan fingerprint density at radius 3 is 2.39 bits per heavy atom. The Balaban J connectivity index is 1.89. The predicted octanol–water partition coefficient (Wildman–Crippen LogP) is 4.05. The van der Waals surface area contributed by atoms with Gasteiger partial charge in [-0.15, -0.1) is 0 Å². The minimum Gasteiger partial charge on any atom is -0.465 e. The van der Waals surface area contributed by atoms with Crippen molar-refractivity contribution in [2.45, 2.75) is 71.6 Å². The third-order valence-corrected chi connectivity index (χ3v) is 6.29. The van der Waals surface area contributed by atoms with Crippen LogP contribution in [0.5, 0.6) is 0 Å². The fourth-order valence-corrected chi connectivity index (χ4v) is 3.44. The molecule has 2 N–H and O–H groups in total. The van der Waals surface area contributed by atoms with Crippen LogP contribution in [-0.2, 0) is 14.0 Å². The number of methoxy groups -OCH3 is 1. The van der Waals surface area contributed by atoms with E-state index in [-0.39, 0.29) is 17.8 Å². The molecule has 1 fully saturated rings. The average Bonchev–Trinajstić information content (AvgIpc) is 3.00. The zero-order chi connectivity index (χ0) is 24.4. The molecule has 178 valence electrons. The highest BCUT2D eigenvalue weighted by molar-refractivity contribution is 6.63. The third-order valence-electron chi connectivity index (χ3n) is 6.29. The smallest absolute Gasteiger partial charge is 0.465 e. The number of hydrogen-bond donors (Lipinski definition) is 2. The number of rotatable bonds is 8. The Bertz CT molecular complexity index is 998. The number of aromatic nitrogens is 2. The molecule has 1 saturated heterocycles. The molecule has 0 radical (unpaired) electrons. The standard InChI is InChI=1S/C23H32BFN4O4/c1-8-14(9-2)27-19-18(25)13-26-21(29-19)28-15-10-11-17(16(12-15)20(30)31-7)24-32-22(3,4)23(5,6)33-24/h10-14H,8-9H2,1-7H3,(H2,26,27,28,29). The summed E-state index contributed by atoms with van der Waals surface area (Å²) in [5.41, 5.74) is 0.279. The number of nitrogens with zero attached hydrogens (tertiary/aromatic N) is 2. The normalized spacial score (nSPS) is 16.7. The molecule has 0 atom stereocenters. The van der Waals surface area contributed by atoms with Crippen molar-refractivity contribution in [3.8, 4) is 0 Å². The lowest BCUT2D eigenvalue weighted by molar-refractivity contribution is 0.00578. The molecule has 0 amide bonds. The quantitative estimate of drug-likeness (QED) is 0.452. The van der Waals surface area contributed by atoms with E-state index in [9.17, 15) is 9.18 Å². The van der Waals surface area contributed by atoms with E-state index >= 15 is 0 Å². The molecule has 0 saturated carbocycles. The highest BCUT2D eigenvalue weighted by Crippen LogP contribution is 2.37. The van der Waals surface area contributed by atoms with E-state index in [0.717, 1.165) is 19.0 Å². The van der Waals surface area contributed by atoms with Gasteiger partial charge in [-0.2, -0.15) is 4.98 Å². The maximum Gasteiger partial charge on any atom is 0.495 e. The molecule has 3 rings (SSSR count). The summed E-state index contributed by atoms with van der Waals surface area (Å²) in [7, 11) is 0.589. The number of carbonyl (C=O) groups is 1. The predicted molar refractivity (Wildman–Crippen MR) is 127 cm³/mol. The Morgan fingerprint density at radius 2 is 1.82 bits per heavy atom. The Kier molecular flexibility index (Phi) is 7.28. The summed E-state index contributed by atoms with van der Waals surface area (Å²) < 4.78 is 31.4. The van der Waals surface area contributed by atoms with E-state index in [0.29, 0.717) is 16.7 Å². The van der Waals surface area contributed by atoms with Gasteiger partial charge < -0.3 is 24.7 Å². The van der Waals surface area contributed by atoms with Crippen molar-refractivity contribution in [1.29, 1.82) is 0 Å². The van der Waals surface area contributed by atoms with Gasteiger partial charge in [-0.1, -0.05) is 19.9 Å². The van der Waals surface area contributed by atoms with Gasteiger partial charge in [0.1, 0.15) is 0 Å². The summed E-state index contributed by atoms with van der Waals surface area (Å²) >= 11 is 0. The number of nitrogens with one attached hydrogen (secondary N) is 2. The van der Waals surface area contributed by atoms with E-state index in [1.807, 2.05) is 41.5 Å². The first-order valence-electron chi connectivity index (χ1n) is 11.1. The van der Waals surface area contributed by atoms with Crippen LogP contribution in [0.3, 0.4) is 0 Å². The van der Waals surface area contributed by atoms with Crippen LogP contribution < -0.4 is 16.1 Å². The summed E-state index contributed by atoms with van der Waals surface area (Å²) in [4.78, 5) is 20.8. The topological polar surface area (TPSA) is 94.6 Å². The molecule has 1 aliphatic rings. The zero-order valence-electron chi connectivity index (χ0n) is 20.3. The van der Waals surface area contributed by atoms with Crippen molar-refractivity contribution >= 4 is 36.0 Å². The molecular formula is C23H32BFN4O4. The van der Waals surface area contributed by atoms with Crippen LogP contribution in [0.4, 0.5) is 21.8 Å². The fraction of sp³-hybridized carbons (Fsp3) is 0.522. The second-order valence-corrected chi connectivity index (χ2v) is 9.05. The molecule has 8 nitrogen and oxygen atoms in total. The van der Waals surface area contributed by atoms with Crippen molar-refractivity contribution < 1.29 is 23.2 Å². The summed E-state index contributed by atoms with van der Waals surface area (Å²) in [5, 5.41) is 6.13. The van der Waals surface area contributed by atoms with Gasteiger partial charge in [0.15, 0.2) is 11.6 Å². The van der Waals surface area contributed by atoms with E-state index in [4.69, 9.17) is 14.0 Å². The van der Waals surface area contributed by atoms with Crippen molar-refractivity contribution in [3.63, 3.8) is 0 Å². The van der Waals surface area contributed by atoms with E-state index in [1.54, 1.807) is 18.2 Å². The fourth-order valence-electron chi connectivity index (χ4n) is 3.44. The van der Waals surface area contributed by atoms with Crippen molar-refractivity contribution in [2.24, 2.45) is 0 Å². The summed E-state index contributed by atoms with van der Waals surface area (Å²) in [6, 6.07) is 5.22. The van der Waals surface area contributed by atoms with Gasteiger partial charge in [0.25, 0.3) is 0 Å². The Morgan fingerprint density at radius 1 is 1.18 bits per heavy atom. The summed E-state index contributed by atoms with van der Waals surface area (Å²) in [5.74, 6) is -0.731. The highest BCUT2D eigenvalue weighted by Gasteiger charge is 2.52. The van der Waals surface area contributed by atoms with Gasteiger partial charge in [0.05, 0.1) is 30.1 Å². The number of carbonyl (C=O) groups excluding carboxylic acids is 1. The molecule has 1 aromatic carbocycles. The van der Waals surface area contributed by atoms with E-state index in [2.05, 4.69) is 20.6 Å². The van der Waals surface area contributed by atoms with E-state index in [1.165, 1.54) is 7.11 Å². The number of esters is 1. The third kappa shape index (κ3) is 5.28. The summed E-state index contributed by atoms with van der Waals surface area (Å²) in [6.45, 7) is 11.8. The van der Waals surface area contributed by atoms with Gasteiger partial charge in [-0.3, -0.25) is 0 Å². The van der Waals surface area contributed by atoms with Gasteiger partial charge in [0.2, 0.25) is 5.95 Å². The molecule has 1 aliphatic heterocycles. The second kappa shape index (κ2) is 9.65. The van der Waals surface area contributed by atoms with Crippen LogP contribution >= 0.6 is 0 Å². The lowest BCUT2D eigenvalue weighted by Gasteiger charge is -2.32. The maximum absolute atomic E-state index is 14.2. The molecule has 0 bridgehead atoms. The van der Waals surface area contributed by atoms with Gasteiger partial charge >= 0.3 is 13.1 Å². The molecule has 0 spiro atoms. The van der Waals surface area contributed by atoms with E-state index < -0.39 is 30.1 Å². The number of anilines is 3. The molecule has 0 aliphatic carbocycles. The molecule has 2 aromatic rings. The lowest BCUT2D eigenvalue weighted by Crippen LogP contribution is -2.41. The van der Waals surface area contributed by atoms with Crippen LogP contribution in [0, 0.1) is 5.82 Å². The largest absolute Gasteiger partial charge is 0.495 e. The Labute approximate surface area is 194 Å². The number of benzene rings is 1. The first-order valence-corrected chi connectivity index (χ1v) is 11.1. The molecule has 10 heteroatoms. The minimum absolute atomic E-state index is 0.104. The second-order valence-electron chi connectivity index (χ2n) is 9.05.